The Morgan fingerprint density at radius 3 is 2.41 bits per heavy atom. The van der Waals surface area contributed by atoms with Gasteiger partial charge in [-0.2, -0.15) is 0 Å². The molecule has 0 unspecified atom stereocenters. The van der Waals surface area contributed by atoms with Gasteiger partial charge in [0.15, 0.2) is 0 Å². The number of benzene rings is 3. The third kappa shape index (κ3) is 6.07. The summed E-state index contributed by atoms with van der Waals surface area (Å²) in [4.78, 5) is 26.5. The van der Waals surface area contributed by atoms with Crippen LogP contribution in [0.2, 0.25) is 15.1 Å². The van der Waals surface area contributed by atoms with Crippen LogP contribution in [-0.2, 0) is 11.4 Å². The molecule has 3 aromatic rings. The van der Waals surface area contributed by atoms with Crippen molar-refractivity contribution in [3.8, 4) is 11.5 Å². The highest BCUT2D eigenvalue weighted by atomic mass is 35.5. The van der Waals surface area contributed by atoms with Gasteiger partial charge in [-0.3, -0.25) is 14.5 Å². The van der Waals surface area contributed by atoms with Crippen molar-refractivity contribution in [2.75, 3.05) is 13.2 Å². The molecule has 9 heteroatoms. The summed E-state index contributed by atoms with van der Waals surface area (Å²) >= 11 is 19.4. The zero-order chi connectivity index (χ0) is 24.1. The van der Waals surface area contributed by atoms with E-state index in [-0.39, 0.29) is 30.9 Å². The Labute approximate surface area is 216 Å². The molecule has 0 saturated carbocycles. The fraction of sp³-hybridized carbons (Fsp3) is 0.120. The van der Waals surface area contributed by atoms with E-state index in [1.807, 2.05) is 30.3 Å². The maximum Gasteiger partial charge on any atom is 0.293 e. The van der Waals surface area contributed by atoms with E-state index in [0.29, 0.717) is 37.0 Å². The van der Waals surface area contributed by atoms with Crippen LogP contribution in [0.5, 0.6) is 11.5 Å². The molecule has 4 rings (SSSR count). The molecule has 174 valence electrons. The van der Waals surface area contributed by atoms with Gasteiger partial charge in [-0.1, -0.05) is 65.1 Å². The summed E-state index contributed by atoms with van der Waals surface area (Å²) in [6.07, 6.45) is 1.63. The van der Waals surface area contributed by atoms with Gasteiger partial charge in [-0.15, -0.1) is 0 Å². The van der Waals surface area contributed by atoms with E-state index in [9.17, 15) is 9.59 Å². The van der Waals surface area contributed by atoms with Crippen LogP contribution in [0.25, 0.3) is 6.08 Å². The lowest BCUT2D eigenvalue weighted by Crippen LogP contribution is -2.32. The predicted octanol–water partition coefficient (Wildman–Crippen LogP) is 7.34. The second-order valence-corrected chi connectivity index (χ2v) is 9.45. The molecular weight excluding hydrogens is 517 g/mol. The monoisotopic (exact) mass is 533 g/mol. The Hall–Kier alpha value is -2.64. The molecule has 0 spiro atoms. The molecule has 1 fully saturated rings. The zero-order valence-electron chi connectivity index (χ0n) is 17.7. The maximum absolute atomic E-state index is 12.7. The molecule has 1 saturated heterocycles. The maximum atomic E-state index is 12.7. The van der Waals surface area contributed by atoms with Crippen LogP contribution in [0.15, 0.2) is 71.6 Å². The largest absolute Gasteiger partial charge is 0.492 e. The number of halogens is 3. The molecule has 0 bridgehead atoms. The number of imide groups is 1. The molecule has 2 amide bonds. The van der Waals surface area contributed by atoms with E-state index in [0.717, 1.165) is 17.3 Å². The van der Waals surface area contributed by atoms with Crippen molar-refractivity contribution in [2.24, 2.45) is 0 Å². The number of carbonyl (C=O) groups excluding carboxylic acids is 2. The summed E-state index contributed by atoms with van der Waals surface area (Å²) in [6, 6.07) is 19.5. The third-order valence-corrected chi connectivity index (χ3v) is 6.64. The van der Waals surface area contributed by atoms with Crippen LogP contribution < -0.4 is 9.47 Å². The number of ether oxygens (including phenoxy) is 2. The summed E-state index contributed by atoms with van der Waals surface area (Å²) in [5.41, 5.74) is 1.45. The molecule has 1 aliphatic rings. The minimum Gasteiger partial charge on any atom is -0.492 e. The number of hydrogen-bond donors (Lipinski definition) is 0. The molecule has 3 aromatic carbocycles. The van der Waals surface area contributed by atoms with E-state index in [4.69, 9.17) is 44.3 Å². The topological polar surface area (TPSA) is 55.8 Å². The highest BCUT2D eigenvalue weighted by Crippen LogP contribution is 2.34. The molecular formula is C25H18Cl3NO4S. The molecule has 0 aliphatic carbocycles. The van der Waals surface area contributed by atoms with Crippen molar-refractivity contribution in [3.05, 3.63) is 97.8 Å². The standard InChI is InChI=1S/C25H18Cl3NO4S/c26-18-8-7-17(20(27)14-18)15-33-22-9-6-16(12-21(22)28)13-23-24(30)29(25(31)34-23)10-11-32-19-4-2-1-3-5-19/h1-9,12-14H,10-11,15H2/b23-13-. The van der Waals surface area contributed by atoms with Gasteiger partial charge in [0.2, 0.25) is 0 Å². The summed E-state index contributed by atoms with van der Waals surface area (Å²) in [5, 5.41) is 1.09. The van der Waals surface area contributed by atoms with Crippen molar-refractivity contribution < 1.29 is 19.1 Å². The van der Waals surface area contributed by atoms with Crippen LogP contribution >= 0.6 is 46.6 Å². The number of carbonyl (C=O) groups is 2. The van der Waals surface area contributed by atoms with E-state index < -0.39 is 0 Å². The van der Waals surface area contributed by atoms with Crippen LogP contribution in [0.3, 0.4) is 0 Å². The number of hydrogen-bond acceptors (Lipinski definition) is 5. The average molecular weight is 535 g/mol. The normalized spacial score (nSPS) is 14.7. The fourth-order valence-corrected chi connectivity index (χ4v) is 4.71. The highest BCUT2D eigenvalue weighted by Gasteiger charge is 2.34. The quantitative estimate of drug-likeness (QED) is 0.283. The molecule has 1 aliphatic heterocycles. The van der Waals surface area contributed by atoms with E-state index in [1.54, 1.807) is 42.5 Å². The molecule has 34 heavy (non-hydrogen) atoms. The van der Waals surface area contributed by atoms with Crippen molar-refractivity contribution in [2.45, 2.75) is 6.61 Å². The van der Waals surface area contributed by atoms with Gasteiger partial charge in [-0.05, 0) is 59.8 Å². The fourth-order valence-electron chi connectivity index (χ4n) is 3.13. The van der Waals surface area contributed by atoms with Crippen LogP contribution in [0.1, 0.15) is 11.1 Å². The van der Waals surface area contributed by atoms with Crippen molar-refractivity contribution >= 4 is 63.8 Å². The number of nitrogens with zero attached hydrogens (tertiary/aromatic N) is 1. The number of amides is 2. The van der Waals surface area contributed by atoms with Crippen LogP contribution in [0, 0.1) is 0 Å². The molecule has 0 radical (unpaired) electrons. The minimum absolute atomic E-state index is 0.164. The Morgan fingerprint density at radius 2 is 1.68 bits per heavy atom. The van der Waals surface area contributed by atoms with Crippen molar-refractivity contribution in [3.63, 3.8) is 0 Å². The molecule has 0 atom stereocenters. The first-order valence-corrected chi connectivity index (χ1v) is 12.2. The smallest absolute Gasteiger partial charge is 0.293 e. The van der Waals surface area contributed by atoms with Crippen molar-refractivity contribution in [1.82, 2.24) is 4.90 Å². The molecule has 5 nitrogen and oxygen atoms in total. The van der Waals surface area contributed by atoms with E-state index in [1.165, 1.54) is 4.90 Å². The summed E-state index contributed by atoms with van der Waals surface area (Å²) in [7, 11) is 0. The minimum atomic E-state index is -0.361. The first kappa shape index (κ1) is 24.5. The Balaban J connectivity index is 1.37. The van der Waals surface area contributed by atoms with Crippen molar-refractivity contribution in [1.29, 1.82) is 0 Å². The van der Waals surface area contributed by atoms with E-state index >= 15 is 0 Å². The zero-order valence-corrected chi connectivity index (χ0v) is 20.8. The first-order valence-electron chi connectivity index (χ1n) is 10.2. The number of rotatable bonds is 8. The summed E-state index contributed by atoms with van der Waals surface area (Å²) in [6.45, 7) is 0.599. The van der Waals surface area contributed by atoms with Gasteiger partial charge in [0.1, 0.15) is 24.7 Å². The number of thioether (sulfide) groups is 1. The first-order chi connectivity index (χ1) is 16.4. The summed E-state index contributed by atoms with van der Waals surface area (Å²) in [5.74, 6) is 0.789. The predicted molar refractivity (Wildman–Crippen MR) is 137 cm³/mol. The van der Waals surface area contributed by atoms with Gasteiger partial charge in [0.25, 0.3) is 11.1 Å². The van der Waals surface area contributed by atoms with Gasteiger partial charge in [-0.25, -0.2) is 0 Å². The van der Waals surface area contributed by atoms with Crippen LogP contribution in [0.4, 0.5) is 4.79 Å². The Kier molecular flexibility index (Phi) is 8.06. The average Bonchev–Trinajstić information content (AvgIpc) is 3.07. The third-order valence-electron chi connectivity index (χ3n) is 4.85. The highest BCUT2D eigenvalue weighted by molar-refractivity contribution is 8.18. The molecule has 0 N–H and O–H groups in total. The molecule has 1 heterocycles. The SMILES string of the molecule is O=C1S/C(=C\c2ccc(OCc3ccc(Cl)cc3Cl)c(Cl)c2)C(=O)N1CCOc1ccccc1. The van der Waals surface area contributed by atoms with E-state index in [2.05, 4.69) is 0 Å². The Morgan fingerprint density at radius 1 is 0.882 bits per heavy atom. The van der Waals surface area contributed by atoms with Gasteiger partial charge >= 0.3 is 0 Å². The second kappa shape index (κ2) is 11.2. The second-order valence-electron chi connectivity index (χ2n) is 7.21. The lowest BCUT2D eigenvalue weighted by atomic mass is 10.2. The lowest BCUT2D eigenvalue weighted by Gasteiger charge is -2.13. The summed E-state index contributed by atoms with van der Waals surface area (Å²) < 4.78 is 11.4. The van der Waals surface area contributed by atoms with Gasteiger partial charge < -0.3 is 9.47 Å². The van der Waals surface area contributed by atoms with Gasteiger partial charge in [0.05, 0.1) is 16.5 Å². The Bertz CT molecular complexity index is 1250. The molecule has 0 aromatic heterocycles. The number of para-hydroxylation sites is 1. The van der Waals surface area contributed by atoms with Crippen LogP contribution in [-0.4, -0.2) is 29.2 Å². The van der Waals surface area contributed by atoms with Gasteiger partial charge in [0, 0.05) is 15.6 Å². The lowest BCUT2D eigenvalue weighted by molar-refractivity contribution is -0.123.